The van der Waals surface area contributed by atoms with Gasteiger partial charge in [0.15, 0.2) is 0 Å². The summed E-state index contributed by atoms with van der Waals surface area (Å²) in [6.07, 6.45) is 0. The van der Waals surface area contributed by atoms with E-state index in [2.05, 4.69) is 26.5 Å². The quantitative estimate of drug-likeness (QED) is 0.478. The molecule has 0 unspecified atom stereocenters. The van der Waals surface area contributed by atoms with Crippen LogP contribution >= 0.6 is 15.9 Å². The van der Waals surface area contributed by atoms with E-state index in [-0.39, 0.29) is 11.4 Å². The van der Waals surface area contributed by atoms with Gasteiger partial charge in [-0.05, 0) is 30.7 Å². The van der Waals surface area contributed by atoms with Crippen LogP contribution in [0.15, 0.2) is 52.0 Å². The van der Waals surface area contributed by atoms with E-state index in [0.717, 1.165) is 16.1 Å². The van der Waals surface area contributed by atoms with Crippen LogP contribution in [0.25, 0.3) is 0 Å². The zero-order valence-corrected chi connectivity index (χ0v) is 13.5. The molecule has 9 heteroatoms. The van der Waals surface area contributed by atoms with Crippen molar-refractivity contribution in [3.8, 4) is 0 Å². The maximum Gasteiger partial charge on any atom is 0.301 e. The zero-order valence-electron chi connectivity index (χ0n) is 11.9. The molecular weight excluding hydrogens is 368 g/mol. The second kappa shape index (κ2) is 6.97. The molecule has 118 valence electrons. The monoisotopic (exact) mass is 378 g/mol. The van der Waals surface area contributed by atoms with Gasteiger partial charge in [-0.2, -0.15) is 5.10 Å². The third-order valence-electron chi connectivity index (χ3n) is 2.99. The summed E-state index contributed by atoms with van der Waals surface area (Å²) in [5.74, 6) is 0. The van der Waals surface area contributed by atoms with Crippen LogP contribution in [0.2, 0.25) is 0 Å². The number of non-ortho nitro benzene ring substituents is 1. The summed E-state index contributed by atoms with van der Waals surface area (Å²) in [6, 6.07) is 10.7. The molecule has 2 aromatic rings. The van der Waals surface area contributed by atoms with E-state index in [0.29, 0.717) is 5.71 Å². The molecule has 0 atom stereocenters. The standard InChI is InChI=1S/C14H11BrN4O4/c1-9(10-2-4-11(15)5-3-10)16-17-13-7-6-12(18(20)21)8-14(13)19(22)23/h2-8,17H,1H3. The maximum atomic E-state index is 11.0. The number of halogens is 1. The van der Waals surface area contributed by atoms with Gasteiger partial charge in [0.2, 0.25) is 0 Å². The molecule has 2 rings (SSSR count). The average Bonchev–Trinajstić information content (AvgIpc) is 2.52. The Morgan fingerprint density at radius 1 is 1.09 bits per heavy atom. The first-order valence-electron chi connectivity index (χ1n) is 6.37. The van der Waals surface area contributed by atoms with Gasteiger partial charge in [-0.25, -0.2) is 0 Å². The molecule has 0 aliphatic heterocycles. The molecular formula is C14H11BrN4O4. The average molecular weight is 379 g/mol. The number of nitrogens with one attached hydrogen (secondary N) is 1. The largest absolute Gasteiger partial charge is 0.301 e. The number of benzene rings is 2. The smallest absolute Gasteiger partial charge is 0.271 e. The molecule has 2 aromatic carbocycles. The van der Waals surface area contributed by atoms with Gasteiger partial charge in [0.25, 0.3) is 5.69 Å². The second-order valence-corrected chi connectivity index (χ2v) is 5.45. The third kappa shape index (κ3) is 4.10. The van der Waals surface area contributed by atoms with Crippen molar-refractivity contribution >= 4 is 38.7 Å². The summed E-state index contributed by atoms with van der Waals surface area (Å²) < 4.78 is 0.924. The van der Waals surface area contributed by atoms with Crippen LogP contribution in [0.5, 0.6) is 0 Å². The molecule has 0 aliphatic carbocycles. The Bertz CT molecular complexity index is 790. The lowest BCUT2D eigenvalue weighted by Crippen LogP contribution is -2.02. The van der Waals surface area contributed by atoms with Gasteiger partial charge in [0, 0.05) is 10.5 Å². The van der Waals surface area contributed by atoms with E-state index < -0.39 is 15.5 Å². The minimum Gasteiger partial charge on any atom is -0.271 e. The molecule has 0 amide bonds. The lowest BCUT2D eigenvalue weighted by atomic mass is 10.1. The minimum atomic E-state index is -0.695. The topological polar surface area (TPSA) is 111 Å². The van der Waals surface area contributed by atoms with E-state index >= 15 is 0 Å². The Morgan fingerprint density at radius 2 is 1.74 bits per heavy atom. The molecule has 0 radical (unpaired) electrons. The first kappa shape index (κ1) is 16.6. The SMILES string of the molecule is CC(=NNc1ccc([N+](=O)[O-])cc1[N+](=O)[O-])c1ccc(Br)cc1. The van der Waals surface area contributed by atoms with Gasteiger partial charge in [0.1, 0.15) is 5.69 Å². The van der Waals surface area contributed by atoms with Crippen molar-refractivity contribution in [1.29, 1.82) is 0 Å². The van der Waals surface area contributed by atoms with Crippen LogP contribution in [0, 0.1) is 20.2 Å². The normalized spacial score (nSPS) is 11.1. The van der Waals surface area contributed by atoms with Gasteiger partial charge >= 0.3 is 5.69 Å². The summed E-state index contributed by atoms with van der Waals surface area (Å²) in [4.78, 5) is 20.4. The number of hydrogen-bond acceptors (Lipinski definition) is 6. The van der Waals surface area contributed by atoms with Crippen LogP contribution in [-0.4, -0.2) is 15.6 Å². The highest BCUT2D eigenvalue weighted by atomic mass is 79.9. The first-order valence-corrected chi connectivity index (χ1v) is 7.17. The van der Waals surface area contributed by atoms with Crippen LogP contribution < -0.4 is 5.43 Å². The maximum absolute atomic E-state index is 11.0. The van der Waals surface area contributed by atoms with E-state index in [1.54, 1.807) is 6.92 Å². The Balaban J connectivity index is 2.28. The van der Waals surface area contributed by atoms with E-state index in [1.807, 2.05) is 24.3 Å². The molecule has 0 heterocycles. The van der Waals surface area contributed by atoms with Crippen molar-refractivity contribution in [1.82, 2.24) is 0 Å². The predicted octanol–water partition coefficient (Wildman–Crippen LogP) is 4.10. The molecule has 8 nitrogen and oxygen atoms in total. The Morgan fingerprint density at radius 3 is 2.30 bits per heavy atom. The molecule has 1 N–H and O–H groups in total. The van der Waals surface area contributed by atoms with Crippen molar-refractivity contribution in [3.63, 3.8) is 0 Å². The number of hydrazone groups is 1. The van der Waals surface area contributed by atoms with E-state index in [4.69, 9.17) is 0 Å². The van der Waals surface area contributed by atoms with Crippen LogP contribution in [0.4, 0.5) is 17.1 Å². The summed E-state index contributed by atoms with van der Waals surface area (Å²) in [7, 11) is 0. The highest BCUT2D eigenvalue weighted by molar-refractivity contribution is 9.10. The molecule has 0 bridgehead atoms. The Kier molecular flexibility index (Phi) is 5.02. The van der Waals surface area contributed by atoms with E-state index in [1.165, 1.54) is 12.1 Å². The van der Waals surface area contributed by atoms with Crippen molar-refractivity contribution in [3.05, 3.63) is 72.7 Å². The third-order valence-corrected chi connectivity index (χ3v) is 3.52. The highest BCUT2D eigenvalue weighted by Gasteiger charge is 2.19. The molecule has 0 aliphatic rings. The number of anilines is 1. The van der Waals surface area contributed by atoms with Gasteiger partial charge in [-0.3, -0.25) is 25.7 Å². The van der Waals surface area contributed by atoms with Gasteiger partial charge in [-0.15, -0.1) is 0 Å². The Labute approximate surface area is 139 Å². The summed E-state index contributed by atoms with van der Waals surface area (Å²) in [6.45, 7) is 1.74. The van der Waals surface area contributed by atoms with Crippen molar-refractivity contribution in [2.45, 2.75) is 6.92 Å². The number of nitro groups is 2. The Hall–Kier alpha value is -2.81. The van der Waals surface area contributed by atoms with Crippen LogP contribution in [0.1, 0.15) is 12.5 Å². The number of hydrogen-bond donors (Lipinski definition) is 1. The molecule has 0 fully saturated rings. The fourth-order valence-electron chi connectivity index (χ4n) is 1.78. The number of rotatable bonds is 5. The minimum absolute atomic E-state index is 0.0806. The fraction of sp³-hybridized carbons (Fsp3) is 0.0714. The summed E-state index contributed by atoms with van der Waals surface area (Å²) in [5.41, 5.74) is 3.36. The van der Waals surface area contributed by atoms with Gasteiger partial charge < -0.3 is 0 Å². The van der Waals surface area contributed by atoms with E-state index in [9.17, 15) is 20.2 Å². The summed E-state index contributed by atoms with van der Waals surface area (Å²) >= 11 is 3.33. The molecule has 0 aromatic heterocycles. The summed E-state index contributed by atoms with van der Waals surface area (Å²) in [5, 5.41) is 25.8. The molecule has 0 saturated carbocycles. The predicted molar refractivity (Wildman–Crippen MR) is 89.7 cm³/mol. The molecule has 23 heavy (non-hydrogen) atoms. The second-order valence-electron chi connectivity index (χ2n) is 4.53. The van der Waals surface area contributed by atoms with Crippen LogP contribution in [0.3, 0.4) is 0 Å². The number of nitrogens with zero attached hydrogens (tertiary/aromatic N) is 3. The number of nitro benzene ring substituents is 2. The fourth-order valence-corrected chi connectivity index (χ4v) is 2.04. The first-order chi connectivity index (χ1) is 10.9. The molecule has 0 saturated heterocycles. The molecule has 0 spiro atoms. The van der Waals surface area contributed by atoms with Crippen molar-refractivity contribution in [2.24, 2.45) is 5.10 Å². The van der Waals surface area contributed by atoms with Crippen LogP contribution in [-0.2, 0) is 0 Å². The van der Waals surface area contributed by atoms with Gasteiger partial charge in [-0.1, -0.05) is 28.1 Å². The van der Waals surface area contributed by atoms with Crippen molar-refractivity contribution in [2.75, 3.05) is 5.43 Å². The highest BCUT2D eigenvalue weighted by Crippen LogP contribution is 2.29. The lowest BCUT2D eigenvalue weighted by molar-refractivity contribution is -0.393. The van der Waals surface area contributed by atoms with Crippen molar-refractivity contribution < 1.29 is 9.85 Å². The zero-order chi connectivity index (χ0) is 17.0. The van der Waals surface area contributed by atoms with Gasteiger partial charge in [0.05, 0.1) is 21.6 Å². The lowest BCUT2D eigenvalue weighted by Gasteiger charge is -2.05.